The van der Waals surface area contributed by atoms with Crippen LogP contribution in [0, 0.1) is 0 Å². The topological polar surface area (TPSA) is 91.3 Å². The van der Waals surface area contributed by atoms with E-state index < -0.39 is 0 Å². The maximum absolute atomic E-state index is 5.88. The Kier molecular flexibility index (Phi) is 5.81. The van der Waals surface area contributed by atoms with E-state index in [0.29, 0.717) is 12.5 Å². The fourth-order valence-electron chi connectivity index (χ4n) is 3.35. The molecule has 1 saturated heterocycles. The third kappa shape index (κ3) is 4.27. The number of nitrogens with one attached hydrogen (secondary N) is 1. The Bertz CT molecular complexity index is 962. The lowest BCUT2D eigenvalue weighted by Crippen LogP contribution is -2.10. The molecule has 0 saturated carbocycles. The molecule has 8 heteroatoms. The summed E-state index contributed by atoms with van der Waals surface area (Å²) in [4.78, 5) is 17.8. The van der Waals surface area contributed by atoms with Gasteiger partial charge in [0.1, 0.15) is 17.6 Å². The van der Waals surface area contributed by atoms with Crippen molar-refractivity contribution < 1.29 is 14.2 Å². The smallest absolute Gasteiger partial charge is 0.223 e. The Morgan fingerprint density at radius 1 is 1.14 bits per heavy atom. The lowest BCUT2D eigenvalue weighted by molar-refractivity contribution is 0.109. The number of benzene rings is 1. The lowest BCUT2D eigenvalue weighted by atomic mass is 10.1. The first-order valence-corrected chi connectivity index (χ1v) is 9.48. The van der Waals surface area contributed by atoms with E-state index in [2.05, 4.69) is 20.3 Å². The average molecular weight is 393 g/mol. The van der Waals surface area contributed by atoms with E-state index in [0.717, 1.165) is 53.5 Å². The average Bonchev–Trinajstić information content (AvgIpc) is 3.33. The normalized spacial score (nSPS) is 15.9. The van der Waals surface area contributed by atoms with Crippen molar-refractivity contribution in [3.63, 3.8) is 0 Å². The summed E-state index contributed by atoms with van der Waals surface area (Å²) in [5, 5.41) is 3.28. The summed E-state index contributed by atoms with van der Waals surface area (Å²) >= 11 is 0. The van der Waals surface area contributed by atoms with Crippen LogP contribution in [-0.4, -0.2) is 40.8 Å². The molecule has 1 aliphatic heterocycles. The van der Waals surface area contributed by atoms with E-state index in [-0.39, 0.29) is 6.10 Å². The minimum Gasteiger partial charge on any atom is -0.497 e. The molecule has 1 fully saturated rings. The van der Waals surface area contributed by atoms with Gasteiger partial charge in [-0.05, 0) is 31.0 Å². The summed E-state index contributed by atoms with van der Waals surface area (Å²) in [6.45, 7) is 1.23. The van der Waals surface area contributed by atoms with Gasteiger partial charge in [-0.1, -0.05) is 0 Å². The molecule has 0 amide bonds. The van der Waals surface area contributed by atoms with Crippen LogP contribution in [0.25, 0.3) is 11.3 Å². The first-order chi connectivity index (χ1) is 14.3. The summed E-state index contributed by atoms with van der Waals surface area (Å²) in [6, 6.07) is 5.68. The minimum absolute atomic E-state index is 0.0677. The molecule has 1 aliphatic rings. The molecular formula is C21H23N5O3. The molecule has 1 N–H and O–H groups in total. The first kappa shape index (κ1) is 19.1. The van der Waals surface area contributed by atoms with Gasteiger partial charge in [-0.3, -0.25) is 9.97 Å². The van der Waals surface area contributed by atoms with Crippen molar-refractivity contribution in [3.8, 4) is 22.8 Å². The zero-order valence-electron chi connectivity index (χ0n) is 16.5. The van der Waals surface area contributed by atoms with Crippen molar-refractivity contribution in [2.45, 2.75) is 25.5 Å². The van der Waals surface area contributed by atoms with E-state index in [4.69, 9.17) is 19.2 Å². The molecule has 3 aromatic rings. The van der Waals surface area contributed by atoms with Gasteiger partial charge in [-0.15, -0.1) is 0 Å². The molecular weight excluding hydrogens is 370 g/mol. The van der Waals surface area contributed by atoms with Gasteiger partial charge in [0.2, 0.25) is 5.95 Å². The van der Waals surface area contributed by atoms with Crippen molar-refractivity contribution in [1.82, 2.24) is 19.9 Å². The van der Waals surface area contributed by atoms with Gasteiger partial charge in [0, 0.05) is 42.9 Å². The second-order valence-corrected chi connectivity index (χ2v) is 6.62. The van der Waals surface area contributed by atoms with Gasteiger partial charge in [0.15, 0.2) is 0 Å². The van der Waals surface area contributed by atoms with Crippen molar-refractivity contribution >= 4 is 5.95 Å². The molecule has 3 heterocycles. The SMILES string of the molecule is COc1ccc(OC)c(CNc2ncc(-c3cnccn3)c([C@H]3CCCO3)n2)c1. The number of nitrogens with zero attached hydrogens (tertiary/aromatic N) is 4. The van der Waals surface area contributed by atoms with Crippen LogP contribution in [0.1, 0.15) is 30.2 Å². The monoisotopic (exact) mass is 393 g/mol. The molecule has 4 rings (SSSR count). The number of hydrogen-bond donors (Lipinski definition) is 1. The molecule has 0 spiro atoms. The molecule has 2 aromatic heterocycles. The quantitative estimate of drug-likeness (QED) is 0.653. The molecule has 0 aliphatic carbocycles. The van der Waals surface area contributed by atoms with Gasteiger partial charge in [0.25, 0.3) is 0 Å². The van der Waals surface area contributed by atoms with Gasteiger partial charge >= 0.3 is 0 Å². The highest BCUT2D eigenvalue weighted by Crippen LogP contribution is 2.34. The number of aromatic nitrogens is 4. The fraction of sp³-hybridized carbons (Fsp3) is 0.333. The Morgan fingerprint density at radius 3 is 2.79 bits per heavy atom. The van der Waals surface area contributed by atoms with E-state index in [1.165, 1.54) is 0 Å². The highest BCUT2D eigenvalue weighted by Gasteiger charge is 2.24. The van der Waals surface area contributed by atoms with E-state index in [1.54, 1.807) is 39.0 Å². The molecule has 1 atom stereocenters. The van der Waals surface area contributed by atoms with Crippen LogP contribution in [0.3, 0.4) is 0 Å². The van der Waals surface area contributed by atoms with E-state index >= 15 is 0 Å². The van der Waals surface area contributed by atoms with Crippen LogP contribution in [-0.2, 0) is 11.3 Å². The first-order valence-electron chi connectivity index (χ1n) is 9.48. The molecule has 0 bridgehead atoms. The van der Waals surface area contributed by atoms with Crippen LogP contribution >= 0.6 is 0 Å². The Labute approximate surface area is 169 Å². The lowest BCUT2D eigenvalue weighted by Gasteiger charge is -2.16. The van der Waals surface area contributed by atoms with E-state index in [9.17, 15) is 0 Å². The summed E-state index contributed by atoms with van der Waals surface area (Å²) in [7, 11) is 3.29. The van der Waals surface area contributed by atoms with Crippen molar-refractivity contribution in [2.75, 3.05) is 26.1 Å². The van der Waals surface area contributed by atoms with E-state index in [1.807, 2.05) is 18.2 Å². The predicted molar refractivity (Wildman–Crippen MR) is 108 cm³/mol. The maximum Gasteiger partial charge on any atom is 0.223 e. The Balaban J connectivity index is 1.61. The summed E-state index contributed by atoms with van der Waals surface area (Å²) < 4.78 is 16.6. The Hall–Kier alpha value is -3.26. The largest absolute Gasteiger partial charge is 0.497 e. The highest BCUT2D eigenvalue weighted by molar-refractivity contribution is 5.61. The molecule has 150 valence electrons. The van der Waals surface area contributed by atoms with Gasteiger partial charge in [-0.25, -0.2) is 9.97 Å². The second kappa shape index (κ2) is 8.83. The molecule has 0 unspecified atom stereocenters. The molecule has 0 radical (unpaired) electrons. The molecule has 1 aromatic carbocycles. The van der Waals surface area contributed by atoms with Crippen LogP contribution in [0.5, 0.6) is 11.5 Å². The summed E-state index contributed by atoms with van der Waals surface area (Å²) in [5.74, 6) is 2.06. The predicted octanol–water partition coefficient (Wildman–Crippen LogP) is 3.41. The molecule has 29 heavy (non-hydrogen) atoms. The number of hydrogen-bond acceptors (Lipinski definition) is 8. The Morgan fingerprint density at radius 2 is 2.07 bits per heavy atom. The van der Waals surface area contributed by atoms with Crippen LogP contribution in [0.15, 0.2) is 43.0 Å². The zero-order chi connectivity index (χ0) is 20.1. The van der Waals surface area contributed by atoms with Crippen molar-refractivity contribution in [1.29, 1.82) is 0 Å². The summed E-state index contributed by atoms with van der Waals surface area (Å²) in [5.41, 5.74) is 3.36. The maximum atomic E-state index is 5.88. The van der Waals surface area contributed by atoms with Crippen LogP contribution in [0.2, 0.25) is 0 Å². The van der Waals surface area contributed by atoms with Crippen LogP contribution < -0.4 is 14.8 Å². The second-order valence-electron chi connectivity index (χ2n) is 6.62. The van der Waals surface area contributed by atoms with Gasteiger partial charge in [-0.2, -0.15) is 0 Å². The standard InChI is InChI=1S/C21H23N5O3/c1-27-15-5-6-18(28-2)14(10-15)11-24-21-25-12-16(17-13-22-7-8-23-17)20(26-21)19-4-3-9-29-19/h5-8,10,12-13,19H,3-4,9,11H2,1-2H3,(H,24,25,26)/t19-/m1/s1. The van der Waals surface area contributed by atoms with Crippen molar-refractivity contribution in [3.05, 3.63) is 54.2 Å². The third-order valence-corrected chi connectivity index (χ3v) is 4.82. The van der Waals surface area contributed by atoms with Gasteiger partial charge in [0.05, 0.1) is 31.8 Å². The zero-order valence-corrected chi connectivity index (χ0v) is 16.5. The summed E-state index contributed by atoms with van der Waals surface area (Å²) in [6.07, 6.45) is 8.67. The number of anilines is 1. The third-order valence-electron chi connectivity index (χ3n) is 4.82. The van der Waals surface area contributed by atoms with Gasteiger partial charge < -0.3 is 19.5 Å². The number of ether oxygens (including phenoxy) is 3. The number of rotatable bonds is 7. The minimum atomic E-state index is -0.0677. The highest BCUT2D eigenvalue weighted by atomic mass is 16.5. The molecule has 8 nitrogen and oxygen atoms in total. The number of methoxy groups -OCH3 is 2. The van der Waals surface area contributed by atoms with Crippen LogP contribution in [0.4, 0.5) is 5.95 Å². The van der Waals surface area contributed by atoms with Crippen molar-refractivity contribution in [2.24, 2.45) is 0 Å². The fourth-order valence-corrected chi connectivity index (χ4v) is 3.35.